The molecule has 0 rings (SSSR count). The molecule has 64 valence electrons. The SMILES string of the molecule is CCCNC(=O)NN=C(C)C. The summed E-state index contributed by atoms with van der Waals surface area (Å²) in [7, 11) is 0. The van der Waals surface area contributed by atoms with Gasteiger partial charge in [0.05, 0.1) is 0 Å². The van der Waals surface area contributed by atoms with Gasteiger partial charge in [-0.15, -0.1) is 0 Å². The zero-order valence-electron chi connectivity index (χ0n) is 7.27. The van der Waals surface area contributed by atoms with E-state index in [-0.39, 0.29) is 6.03 Å². The van der Waals surface area contributed by atoms with E-state index in [2.05, 4.69) is 15.8 Å². The molecule has 11 heavy (non-hydrogen) atoms. The minimum atomic E-state index is -0.243. The number of hydrogen-bond donors (Lipinski definition) is 2. The highest BCUT2D eigenvalue weighted by atomic mass is 16.2. The van der Waals surface area contributed by atoms with Gasteiger partial charge in [-0.05, 0) is 20.3 Å². The molecule has 4 nitrogen and oxygen atoms in total. The van der Waals surface area contributed by atoms with Crippen molar-refractivity contribution in [2.24, 2.45) is 5.10 Å². The lowest BCUT2D eigenvalue weighted by Gasteiger charge is -2.00. The molecule has 0 aliphatic rings. The maximum atomic E-state index is 10.8. The Balaban J connectivity index is 3.45. The first-order chi connectivity index (χ1) is 5.16. The van der Waals surface area contributed by atoms with Crippen molar-refractivity contribution < 1.29 is 4.79 Å². The third-order valence-electron chi connectivity index (χ3n) is 0.917. The molecule has 0 bridgehead atoms. The number of hydrazone groups is 1. The van der Waals surface area contributed by atoms with Crippen molar-refractivity contribution in [3.05, 3.63) is 0 Å². The average Bonchev–Trinajstić information content (AvgIpc) is 1.97. The molecule has 2 N–H and O–H groups in total. The third-order valence-corrected chi connectivity index (χ3v) is 0.917. The Hall–Kier alpha value is -1.06. The molecule has 0 saturated carbocycles. The molecule has 0 aliphatic heterocycles. The summed E-state index contributed by atoms with van der Waals surface area (Å²) in [6.07, 6.45) is 0.933. The summed E-state index contributed by atoms with van der Waals surface area (Å²) in [6.45, 7) is 6.32. The Labute approximate surface area is 67.1 Å². The van der Waals surface area contributed by atoms with Crippen molar-refractivity contribution in [2.45, 2.75) is 27.2 Å². The van der Waals surface area contributed by atoms with Crippen LogP contribution in [0.4, 0.5) is 4.79 Å². The quantitative estimate of drug-likeness (QED) is 0.467. The molecule has 0 spiro atoms. The molecule has 0 aromatic heterocycles. The first-order valence-corrected chi connectivity index (χ1v) is 3.71. The van der Waals surface area contributed by atoms with Gasteiger partial charge >= 0.3 is 6.03 Å². The van der Waals surface area contributed by atoms with Crippen molar-refractivity contribution in [3.63, 3.8) is 0 Å². The van der Waals surface area contributed by atoms with E-state index in [1.807, 2.05) is 20.8 Å². The second kappa shape index (κ2) is 5.70. The number of hydrogen-bond acceptors (Lipinski definition) is 2. The van der Waals surface area contributed by atoms with Crippen molar-refractivity contribution >= 4 is 11.7 Å². The fraction of sp³-hybridized carbons (Fsp3) is 0.714. The number of carbonyl (C=O) groups excluding carboxylic acids is 1. The predicted octanol–water partition coefficient (Wildman–Crippen LogP) is 1.09. The molecule has 4 heteroatoms. The van der Waals surface area contributed by atoms with Crippen LogP contribution in [0, 0.1) is 0 Å². The molecule has 0 aromatic carbocycles. The van der Waals surface area contributed by atoms with E-state index < -0.39 is 0 Å². The lowest BCUT2D eigenvalue weighted by molar-refractivity contribution is 0.241. The fourth-order valence-electron chi connectivity index (χ4n) is 0.441. The van der Waals surface area contributed by atoms with Crippen LogP contribution in [0.1, 0.15) is 27.2 Å². The van der Waals surface area contributed by atoms with E-state index in [0.29, 0.717) is 6.54 Å². The Morgan fingerprint density at radius 1 is 1.45 bits per heavy atom. The average molecular weight is 157 g/mol. The summed E-state index contributed by atoms with van der Waals surface area (Å²) >= 11 is 0. The number of rotatable bonds is 3. The van der Waals surface area contributed by atoms with Crippen LogP contribution in [0.25, 0.3) is 0 Å². The minimum absolute atomic E-state index is 0.243. The number of amides is 2. The van der Waals surface area contributed by atoms with Crippen LogP contribution in [0.5, 0.6) is 0 Å². The number of nitrogens with zero attached hydrogens (tertiary/aromatic N) is 1. The van der Waals surface area contributed by atoms with Crippen molar-refractivity contribution in [1.29, 1.82) is 0 Å². The Morgan fingerprint density at radius 3 is 2.55 bits per heavy atom. The molecular formula is C7H15N3O. The summed E-state index contributed by atoms with van der Waals surface area (Å²) in [5.74, 6) is 0. The summed E-state index contributed by atoms with van der Waals surface area (Å²) < 4.78 is 0. The van der Waals surface area contributed by atoms with Gasteiger partial charge in [-0.3, -0.25) is 0 Å². The standard InChI is InChI=1S/C7H15N3O/c1-4-5-8-7(11)10-9-6(2)3/h4-5H2,1-3H3,(H2,8,10,11). The zero-order chi connectivity index (χ0) is 8.69. The zero-order valence-corrected chi connectivity index (χ0v) is 7.27. The van der Waals surface area contributed by atoms with Crippen LogP contribution in [0.15, 0.2) is 5.10 Å². The second-order valence-corrected chi connectivity index (χ2v) is 2.43. The topological polar surface area (TPSA) is 53.5 Å². The maximum absolute atomic E-state index is 10.8. The van der Waals surface area contributed by atoms with Gasteiger partial charge in [0.2, 0.25) is 0 Å². The largest absolute Gasteiger partial charge is 0.337 e. The van der Waals surface area contributed by atoms with Crippen LogP contribution in [0.2, 0.25) is 0 Å². The molecule has 0 aromatic rings. The summed E-state index contributed by atoms with van der Waals surface area (Å²) in [5.41, 5.74) is 3.19. The lowest BCUT2D eigenvalue weighted by Crippen LogP contribution is -2.33. The minimum Gasteiger partial charge on any atom is -0.337 e. The Kier molecular flexibility index (Phi) is 5.15. The van der Waals surface area contributed by atoms with E-state index in [0.717, 1.165) is 12.1 Å². The van der Waals surface area contributed by atoms with Gasteiger partial charge in [-0.2, -0.15) is 5.10 Å². The second-order valence-electron chi connectivity index (χ2n) is 2.43. The van der Waals surface area contributed by atoms with Crippen LogP contribution < -0.4 is 10.7 Å². The van der Waals surface area contributed by atoms with Gasteiger partial charge in [0.25, 0.3) is 0 Å². The first kappa shape index (κ1) is 9.94. The molecule has 2 amide bonds. The Morgan fingerprint density at radius 2 is 2.09 bits per heavy atom. The van der Waals surface area contributed by atoms with E-state index in [4.69, 9.17) is 0 Å². The van der Waals surface area contributed by atoms with Gasteiger partial charge < -0.3 is 5.32 Å². The number of nitrogens with one attached hydrogen (secondary N) is 2. The molecule has 0 heterocycles. The van der Waals surface area contributed by atoms with Gasteiger partial charge in [0.15, 0.2) is 0 Å². The smallest absolute Gasteiger partial charge is 0.335 e. The maximum Gasteiger partial charge on any atom is 0.335 e. The Bertz CT molecular complexity index is 150. The van der Waals surface area contributed by atoms with E-state index in [1.54, 1.807) is 0 Å². The van der Waals surface area contributed by atoms with Gasteiger partial charge in [-0.25, -0.2) is 10.2 Å². The molecular weight excluding hydrogens is 142 g/mol. The highest BCUT2D eigenvalue weighted by Gasteiger charge is 1.93. The van der Waals surface area contributed by atoms with Crippen molar-refractivity contribution in [3.8, 4) is 0 Å². The van der Waals surface area contributed by atoms with Gasteiger partial charge in [-0.1, -0.05) is 6.92 Å². The van der Waals surface area contributed by atoms with Crippen LogP contribution in [-0.4, -0.2) is 18.3 Å². The normalized spacial score (nSPS) is 8.64. The van der Waals surface area contributed by atoms with Crippen LogP contribution in [0.3, 0.4) is 0 Å². The molecule has 0 fully saturated rings. The molecule has 0 saturated heterocycles. The molecule has 0 radical (unpaired) electrons. The monoisotopic (exact) mass is 157 g/mol. The van der Waals surface area contributed by atoms with Gasteiger partial charge in [0.1, 0.15) is 0 Å². The third kappa shape index (κ3) is 6.83. The fourth-order valence-corrected chi connectivity index (χ4v) is 0.441. The molecule has 0 aliphatic carbocycles. The van der Waals surface area contributed by atoms with Crippen molar-refractivity contribution in [2.75, 3.05) is 6.54 Å². The van der Waals surface area contributed by atoms with Crippen LogP contribution in [-0.2, 0) is 0 Å². The molecule has 0 atom stereocenters. The predicted molar refractivity (Wildman–Crippen MR) is 45.6 cm³/mol. The molecule has 0 unspecified atom stereocenters. The van der Waals surface area contributed by atoms with Crippen LogP contribution >= 0.6 is 0 Å². The van der Waals surface area contributed by atoms with Gasteiger partial charge in [0, 0.05) is 12.3 Å². The summed E-state index contributed by atoms with van der Waals surface area (Å²) in [5, 5.41) is 6.36. The summed E-state index contributed by atoms with van der Waals surface area (Å²) in [6, 6.07) is -0.243. The lowest BCUT2D eigenvalue weighted by atomic mass is 10.5. The van der Waals surface area contributed by atoms with E-state index in [1.165, 1.54) is 0 Å². The van der Waals surface area contributed by atoms with Crippen molar-refractivity contribution in [1.82, 2.24) is 10.7 Å². The highest BCUT2D eigenvalue weighted by Crippen LogP contribution is 1.73. The first-order valence-electron chi connectivity index (χ1n) is 3.71. The number of carbonyl (C=O) groups is 1. The highest BCUT2D eigenvalue weighted by molar-refractivity contribution is 5.81. The van der Waals surface area contributed by atoms with E-state index >= 15 is 0 Å². The summed E-state index contributed by atoms with van der Waals surface area (Å²) in [4.78, 5) is 10.8. The number of urea groups is 1. The van der Waals surface area contributed by atoms with E-state index in [9.17, 15) is 4.79 Å².